The van der Waals surface area contributed by atoms with Crippen molar-refractivity contribution >= 4 is 33.4 Å². The van der Waals surface area contributed by atoms with Gasteiger partial charge in [-0.15, -0.1) is 0 Å². The molecule has 0 saturated heterocycles. The van der Waals surface area contributed by atoms with E-state index in [1.165, 1.54) is 35.3 Å². The highest BCUT2D eigenvalue weighted by molar-refractivity contribution is 7.20. The number of amides is 1. The third-order valence-corrected chi connectivity index (χ3v) is 6.27. The number of carbonyl (C=O) groups is 2. The fourth-order valence-corrected chi connectivity index (χ4v) is 4.47. The second-order valence-electron chi connectivity index (χ2n) is 8.02. The first-order valence-electron chi connectivity index (χ1n) is 11.0. The average molecular weight is 556 g/mol. The Bertz CT molecular complexity index is 1410. The summed E-state index contributed by atoms with van der Waals surface area (Å²) in [5, 5.41) is 4.53. The van der Waals surface area contributed by atoms with Crippen LogP contribution in [0.25, 0.3) is 15.3 Å². The normalized spacial score (nSPS) is 12.1. The van der Waals surface area contributed by atoms with Gasteiger partial charge in [-0.1, -0.05) is 23.5 Å². The molecule has 2 heterocycles. The zero-order chi connectivity index (χ0) is 27.7. The van der Waals surface area contributed by atoms with Gasteiger partial charge in [-0.05, 0) is 42.8 Å². The van der Waals surface area contributed by atoms with Gasteiger partial charge in [0.15, 0.2) is 0 Å². The van der Waals surface area contributed by atoms with Crippen LogP contribution in [-0.2, 0) is 28.4 Å². The molecule has 0 unspecified atom stereocenters. The summed E-state index contributed by atoms with van der Waals surface area (Å²) in [7, 11) is 0. The van der Waals surface area contributed by atoms with Crippen LogP contribution in [0.5, 0.6) is 0 Å². The Balaban J connectivity index is 1.67. The number of thiazole rings is 1. The van der Waals surface area contributed by atoms with Gasteiger partial charge >= 0.3 is 18.3 Å². The molecule has 0 aliphatic carbocycles. The number of carbonyl (C=O) groups excluding carboxylic acids is 2. The van der Waals surface area contributed by atoms with Crippen LogP contribution in [0.2, 0.25) is 0 Å². The summed E-state index contributed by atoms with van der Waals surface area (Å²) in [4.78, 5) is 30.6. The van der Waals surface area contributed by atoms with Gasteiger partial charge in [0, 0.05) is 12.7 Å². The van der Waals surface area contributed by atoms with Crippen molar-refractivity contribution in [3.8, 4) is 5.13 Å². The van der Waals surface area contributed by atoms with Crippen molar-refractivity contribution in [2.24, 2.45) is 0 Å². The molecule has 0 atom stereocenters. The largest absolute Gasteiger partial charge is 0.465 e. The van der Waals surface area contributed by atoms with E-state index in [1.54, 1.807) is 12.1 Å². The third-order valence-electron chi connectivity index (χ3n) is 5.24. The Kier molecular flexibility index (Phi) is 7.44. The van der Waals surface area contributed by atoms with Crippen LogP contribution >= 0.6 is 11.3 Å². The van der Waals surface area contributed by atoms with Gasteiger partial charge in [-0.3, -0.25) is 9.59 Å². The van der Waals surface area contributed by atoms with Crippen LogP contribution in [0, 0.1) is 0 Å². The molecule has 0 aliphatic heterocycles. The van der Waals surface area contributed by atoms with Gasteiger partial charge in [0.2, 0.25) is 5.13 Å². The lowest BCUT2D eigenvalue weighted by atomic mass is 10.0. The predicted molar refractivity (Wildman–Crippen MR) is 125 cm³/mol. The number of hydrogen-bond donors (Lipinski definition) is 0. The molecule has 4 aromatic rings. The van der Waals surface area contributed by atoms with E-state index in [-0.39, 0.29) is 18.2 Å². The number of esters is 1. The first-order valence-corrected chi connectivity index (χ1v) is 11.8. The summed E-state index contributed by atoms with van der Waals surface area (Å²) < 4.78 is 86.9. The molecule has 1 amide bonds. The van der Waals surface area contributed by atoms with Crippen molar-refractivity contribution in [1.82, 2.24) is 19.7 Å². The number of ether oxygens (including phenoxy) is 1. The van der Waals surface area contributed by atoms with Crippen LogP contribution in [0.4, 0.5) is 26.3 Å². The Morgan fingerprint density at radius 3 is 2.29 bits per heavy atom. The van der Waals surface area contributed by atoms with Crippen LogP contribution in [0.1, 0.15) is 34.0 Å². The van der Waals surface area contributed by atoms with Crippen LogP contribution in [-0.4, -0.2) is 44.7 Å². The molecule has 4 rings (SSSR count). The fraction of sp³-hybridized carbons (Fsp3) is 0.250. The fourth-order valence-electron chi connectivity index (χ4n) is 3.57. The monoisotopic (exact) mass is 556 g/mol. The van der Waals surface area contributed by atoms with Gasteiger partial charge < -0.3 is 9.64 Å². The van der Waals surface area contributed by atoms with Gasteiger partial charge in [-0.25, -0.2) is 9.67 Å². The van der Waals surface area contributed by atoms with Gasteiger partial charge in [0.1, 0.15) is 6.54 Å². The van der Waals surface area contributed by atoms with Gasteiger partial charge in [0.05, 0.1) is 39.7 Å². The van der Waals surface area contributed by atoms with E-state index in [9.17, 15) is 35.9 Å². The molecule has 14 heteroatoms. The average Bonchev–Trinajstić information content (AvgIpc) is 3.49. The number of hydrogen-bond acceptors (Lipinski definition) is 6. The molecule has 0 aliphatic rings. The Morgan fingerprint density at radius 2 is 1.68 bits per heavy atom. The van der Waals surface area contributed by atoms with Crippen molar-refractivity contribution in [3.63, 3.8) is 0 Å². The third kappa shape index (κ3) is 6.13. The predicted octanol–water partition coefficient (Wildman–Crippen LogP) is 5.73. The first-order chi connectivity index (χ1) is 17.8. The highest BCUT2D eigenvalue weighted by atomic mass is 32.1. The van der Waals surface area contributed by atoms with Crippen LogP contribution < -0.4 is 0 Å². The summed E-state index contributed by atoms with van der Waals surface area (Å²) in [6.07, 6.45) is -7.65. The summed E-state index contributed by atoms with van der Waals surface area (Å²) in [5.41, 5.74) is -2.89. The minimum Gasteiger partial charge on any atom is -0.465 e. The number of alkyl halides is 6. The number of halogens is 6. The van der Waals surface area contributed by atoms with Gasteiger partial charge in [-0.2, -0.15) is 31.4 Å². The van der Waals surface area contributed by atoms with E-state index in [2.05, 4.69) is 10.1 Å². The summed E-state index contributed by atoms with van der Waals surface area (Å²) in [5.74, 6) is -1.74. The van der Waals surface area contributed by atoms with Crippen LogP contribution in [0.15, 0.2) is 54.9 Å². The molecule has 2 aromatic carbocycles. The summed E-state index contributed by atoms with van der Waals surface area (Å²) >= 11 is 1.29. The maximum atomic E-state index is 13.3. The molecule has 0 fully saturated rings. The minimum absolute atomic E-state index is 0.0109. The van der Waals surface area contributed by atoms with Crippen LogP contribution in [0.3, 0.4) is 0 Å². The lowest BCUT2D eigenvalue weighted by molar-refractivity contribution is -0.145. The van der Waals surface area contributed by atoms with E-state index < -0.39 is 54.0 Å². The summed E-state index contributed by atoms with van der Waals surface area (Å²) in [6.45, 7) is 0.0280. The lowest BCUT2D eigenvalue weighted by Crippen LogP contribution is -2.36. The molecule has 0 radical (unpaired) electrons. The number of fused-ring (bicyclic) bond motifs is 1. The molecule has 0 spiro atoms. The molecule has 7 nitrogen and oxygen atoms in total. The summed E-state index contributed by atoms with van der Waals surface area (Å²) in [6, 6.07) is 8.26. The standard InChI is InChI=1S/C24H18F6N4O3S/c1-2-37-20(35)13-33(11-14-7-16(23(25,26)27)9-17(8-14)24(28,29)30)21(36)15-10-31-34(12-15)22-32-18-5-3-4-6-19(18)38-22/h3-10,12H,2,11,13H2,1H3. The van der Waals surface area contributed by atoms with E-state index in [4.69, 9.17) is 4.74 Å². The van der Waals surface area contributed by atoms with Crippen molar-refractivity contribution in [3.05, 3.63) is 77.1 Å². The van der Waals surface area contributed by atoms with Crippen molar-refractivity contribution in [1.29, 1.82) is 0 Å². The highest BCUT2D eigenvalue weighted by Gasteiger charge is 2.37. The smallest absolute Gasteiger partial charge is 0.416 e. The van der Waals surface area contributed by atoms with E-state index in [0.29, 0.717) is 22.8 Å². The van der Waals surface area contributed by atoms with Gasteiger partial charge in [0.25, 0.3) is 5.91 Å². The molecule has 0 bridgehead atoms. The minimum atomic E-state index is -5.07. The topological polar surface area (TPSA) is 77.3 Å². The number of para-hydroxylation sites is 1. The second kappa shape index (κ2) is 10.4. The quantitative estimate of drug-likeness (QED) is 0.215. The zero-order valence-corrected chi connectivity index (χ0v) is 20.3. The zero-order valence-electron chi connectivity index (χ0n) is 19.5. The number of benzene rings is 2. The van der Waals surface area contributed by atoms with E-state index >= 15 is 0 Å². The number of rotatable bonds is 7. The molecule has 200 valence electrons. The molecule has 2 aromatic heterocycles. The maximum Gasteiger partial charge on any atom is 0.416 e. The maximum absolute atomic E-state index is 13.3. The Labute approximate surface area is 215 Å². The SMILES string of the molecule is CCOC(=O)CN(Cc1cc(C(F)(F)F)cc(C(F)(F)F)c1)C(=O)c1cnn(-c2nc3ccccc3s2)c1. The highest BCUT2D eigenvalue weighted by Crippen LogP contribution is 2.36. The second-order valence-corrected chi connectivity index (χ2v) is 9.03. The molecular formula is C24H18F6N4O3S. The Hall–Kier alpha value is -3.94. The number of aromatic nitrogens is 3. The number of nitrogens with zero attached hydrogens (tertiary/aromatic N) is 4. The lowest BCUT2D eigenvalue weighted by Gasteiger charge is -2.22. The molecule has 0 saturated carbocycles. The Morgan fingerprint density at radius 1 is 1.03 bits per heavy atom. The van der Waals surface area contributed by atoms with Crippen molar-refractivity contribution in [2.75, 3.05) is 13.2 Å². The van der Waals surface area contributed by atoms with Crippen molar-refractivity contribution in [2.45, 2.75) is 25.8 Å². The molecular weight excluding hydrogens is 538 g/mol. The first kappa shape index (κ1) is 27.1. The molecule has 0 N–H and O–H groups in total. The van der Waals surface area contributed by atoms with E-state index in [1.807, 2.05) is 12.1 Å². The van der Waals surface area contributed by atoms with E-state index in [0.717, 1.165) is 9.60 Å². The van der Waals surface area contributed by atoms with Crippen molar-refractivity contribution < 1.29 is 40.7 Å². The molecule has 38 heavy (non-hydrogen) atoms.